The molecule has 3 rings (SSSR count). The van der Waals surface area contributed by atoms with Gasteiger partial charge in [-0.2, -0.15) is 12.7 Å². The maximum atomic E-state index is 12.3. The van der Waals surface area contributed by atoms with E-state index in [0.29, 0.717) is 5.69 Å². The summed E-state index contributed by atoms with van der Waals surface area (Å²) in [5.74, 6) is -0.464. The average molecular weight is 388 g/mol. The Hall–Kier alpha value is -2.91. The van der Waals surface area contributed by atoms with E-state index < -0.39 is 16.2 Å². The largest absolute Gasteiger partial charge is 0.469 e. The molecule has 9 heteroatoms. The molecule has 0 atom stereocenters. The van der Waals surface area contributed by atoms with Crippen LogP contribution in [0.15, 0.2) is 54.9 Å². The third-order valence-electron chi connectivity index (χ3n) is 4.11. The maximum absolute atomic E-state index is 12.3. The Labute approximate surface area is 157 Å². The number of nitrogens with zero attached hydrogens (tertiary/aromatic N) is 3. The highest BCUT2D eigenvalue weighted by Crippen LogP contribution is 2.20. The van der Waals surface area contributed by atoms with Crippen LogP contribution in [-0.4, -0.2) is 48.9 Å². The van der Waals surface area contributed by atoms with Gasteiger partial charge in [-0.1, -0.05) is 12.1 Å². The molecule has 0 aliphatic rings. The summed E-state index contributed by atoms with van der Waals surface area (Å²) in [6.45, 7) is 0.0289. The molecule has 1 N–H and O–H groups in total. The molecule has 0 unspecified atom stereocenters. The van der Waals surface area contributed by atoms with E-state index in [-0.39, 0.29) is 13.0 Å². The second kappa shape index (κ2) is 7.77. The molecule has 0 radical (unpaired) electrons. The predicted molar refractivity (Wildman–Crippen MR) is 103 cm³/mol. The van der Waals surface area contributed by atoms with Crippen molar-refractivity contribution in [1.82, 2.24) is 13.9 Å². The van der Waals surface area contributed by atoms with Crippen molar-refractivity contribution in [3.63, 3.8) is 0 Å². The van der Waals surface area contributed by atoms with Crippen molar-refractivity contribution in [2.45, 2.75) is 6.42 Å². The van der Waals surface area contributed by atoms with Gasteiger partial charge in [-0.05, 0) is 36.4 Å². The fourth-order valence-corrected chi connectivity index (χ4v) is 3.47. The van der Waals surface area contributed by atoms with Crippen LogP contribution < -0.4 is 4.72 Å². The Morgan fingerprint density at radius 2 is 1.89 bits per heavy atom. The second-order valence-corrected chi connectivity index (χ2v) is 7.68. The lowest BCUT2D eigenvalue weighted by molar-refractivity contribution is -0.140. The number of carbonyl (C=O) groups excluding carboxylic acids is 1. The van der Waals surface area contributed by atoms with Gasteiger partial charge in [0.2, 0.25) is 0 Å². The number of hydrogen-bond acceptors (Lipinski definition) is 5. The first-order valence-electron chi connectivity index (χ1n) is 8.24. The molecule has 0 saturated carbocycles. The van der Waals surface area contributed by atoms with Crippen LogP contribution in [-0.2, 0) is 19.7 Å². The van der Waals surface area contributed by atoms with Crippen molar-refractivity contribution in [2.75, 3.05) is 25.4 Å². The molecular formula is C18H20N4O4S. The Morgan fingerprint density at radius 3 is 2.59 bits per heavy atom. The summed E-state index contributed by atoms with van der Waals surface area (Å²) in [6.07, 6.45) is 1.71. The van der Waals surface area contributed by atoms with Crippen LogP contribution in [0.2, 0.25) is 0 Å². The summed E-state index contributed by atoms with van der Waals surface area (Å²) in [6, 6.07) is 14.7. The maximum Gasteiger partial charge on any atom is 0.306 e. The Balaban J connectivity index is 1.73. The van der Waals surface area contributed by atoms with Crippen LogP contribution in [0.5, 0.6) is 0 Å². The van der Waals surface area contributed by atoms with Crippen LogP contribution in [0.25, 0.3) is 16.7 Å². The van der Waals surface area contributed by atoms with Gasteiger partial charge < -0.3 is 4.74 Å². The topological polar surface area (TPSA) is 93.5 Å². The zero-order valence-electron chi connectivity index (χ0n) is 15.0. The molecule has 2 aromatic carbocycles. The number of nitrogens with one attached hydrogen (secondary N) is 1. The Morgan fingerprint density at radius 1 is 1.19 bits per heavy atom. The van der Waals surface area contributed by atoms with E-state index in [1.165, 1.54) is 14.2 Å². The quantitative estimate of drug-likeness (QED) is 0.626. The van der Waals surface area contributed by atoms with Crippen LogP contribution in [0, 0.1) is 0 Å². The van der Waals surface area contributed by atoms with Gasteiger partial charge in [-0.25, -0.2) is 4.98 Å². The van der Waals surface area contributed by atoms with Crippen molar-refractivity contribution in [3.8, 4) is 5.69 Å². The fourth-order valence-electron chi connectivity index (χ4n) is 2.55. The highest BCUT2D eigenvalue weighted by Gasteiger charge is 2.18. The SMILES string of the molecule is COC(=O)CCN(C)S(=O)(=O)Nc1ccc(-n2cnc3ccccc32)cc1. The Kier molecular flexibility index (Phi) is 5.43. The van der Waals surface area contributed by atoms with Crippen molar-refractivity contribution in [2.24, 2.45) is 0 Å². The normalized spacial score (nSPS) is 11.7. The van der Waals surface area contributed by atoms with Crippen molar-refractivity contribution in [3.05, 3.63) is 54.9 Å². The zero-order chi connectivity index (χ0) is 19.4. The molecule has 0 aliphatic carbocycles. The number of fused-ring (bicyclic) bond motifs is 1. The molecule has 1 heterocycles. The number of benzene rings is 2. The van der Waals surface area contributed by atoms with Crippen molar-refractivity contribution < 1.29 is 17.9 Å². The number of ether oxygens (including phenoxy) is 1. The van der Waals surface area contributed by atoms with E-state index in [1.54, 1.807) is 30.6 Å². The number of rotatable bonds is 7. The first-order valence-corrected chi connectivity index (χ1v) is 9.68. The molecule has 0 aliphatic heterocycles. The standard InChI is InChI=1S/C18H20N4O4S/c1-21(12-11-18(23)26-2)27(24,25)20-14-7-9-15(10-8-14)22-13-19-16-5-3-4-6-17(16)22/h3-10,13,20H,11-12H2,1-2H3. The molecule has 0 saturated heterocycles. The van der Waals surface area contributed by atoms with E-state index in [4.69, 9.17) is 0 Å². The molecular weight excluding hydrogens is 368 g/mol. The summed E-state index contributed by atoms with van der Waals surface area (Å²) in [5.41, 5.74) is 3.14. The zero-order valence-corrected chi connectivity index (χ0v) is 15.8. The minimum atomic E-state index is -3.76. The van der Waals surface area contributed by atoms with Gasteiger partial charge in [0.15, 0.2) is 0 Å². The number of hydrogen-bond donors (Lipinski definition) is 1. The second-order valence-electron chi connectivity index (χ2n) is 5.90. The molecule has 8 nitrogen and oxygen atoms in total. The number of carbonyl (C=O) groups is 1. The lowest BCUT2D eigenvalue weighted by Gasteiger charge is -2.18. The predicted octanol–water partition coefficient (Wildman–Crippen LogP) is 2.18. The van der Waals surface area contributed by atoms with Crippen molar-refractivity contribution >= 4 is 32.9 Å². The number of methoxy groups -OCH3 is 1. The van der Waals surface area contributed by atoms with Gasteiger partial charge in [0.25, 0.3) is 0 Å². The number of para-hydroxylation sites is 2. The van der Waals surface area contributed by atoms with E-state index in [0.717, 1.165) is 21.0 Å². The van der Waals surface area contributed by atoms with E-state index >= 15 is 0 Å². The summed E-state index contributed by atoms with van der Waals surface area (Å²) in [5, 5.41) is 0. The van der Waals surface area contributed by atoms with E-state index in [9.17, 15) is 13.2 Å². The molecule has 142 valence electrons. The Bertz CT molecular complexity index is 1040. The molecule has 0 fully saturated rings. The van der Waals surface area contributed by atoms with Gasteiger partial charge in [-0.15, -0.1) is 0 Å². The molecule has 0 bridgehead atoms. The van der Waals surface area contributed by atoms with Gasteiger partial charge in [0.1, 0.15) is 6.33 Å². The lowest BCUT2D eigenvalue weighted by Crippen LogP contribution is -2.34. The number of anilines is 1. The number of imidazole rings is 1. The molecule has 0 amide bonds. The van der Waals surface area contributed by atoms with Crippen LogP contribution >= 0.6 is 0 Å². The molecule has 27 heavy (non-hydrogen) atoms. The van der Waals surface area contributed by atoms with E-state index in [1.807, 2.05) is 28.8 Å². The van der Waals surface area contributed by atoms with Gasteiger partial charge in [0, 0.05) is 25.0 Å². The summed E-state index contributed by atoms with van der Waals surface area (Å²) in [7, 11) is -1.10. The highest BCUT2D eigenvalue weighted by atomic mass is 32.2. The van der Waals surface area contributed by atoms with Crippen LogP contribution in [0.4, 0.5) is 5.69 Å². The monoisotopic (exact) mass is 388 g/mol. The van der Waals surface area contributed by atoms with Gasteiger partial charge in [0.05, 0.1) is 24.6 Å². The number of aromatic nitrogens is 2. The minimum Gasteiger partial charge on any atom is -0.469 e. The molecule has 3 aromatic rings. The molecule has 1 aromatic heterocycles. The first-order chi connectivity index (χ1) is 12.9. The molecule has 0 spiro atoms. The van der Waals surface area contributed by atoms with Gasteiger partial charge >= 0.3 is 16.2 Å². The van der Waals surface area contributed by atoms with E-state index in [2.05, 4.69) is 14.4 Å². The van der Waals surface area contributed by atoms with Crippen LogP contribution in [0.1, 0.15) is 6.42 Å². The van der Waals surface area contributed by atoms with Crippen molar-refractivity contribution in [1.29, 1.82) is 0 Å². The third kappa shape index (κ3) is 4.26. The summed E-state index contributed by atoms with van der Waals surface area (Å²) >= 11 is 0. The summed E-state index contributed by atoms with van der Waals surface area (Å²) in [4.78, 5) is 15.5. The fraction of sp³-hybridized carbons (Fsp3) is 0.222. The highest BCUT2D eigenvalue weighted by molar-refractivity contribution is 7.90. The number of esters is 1. The lowest BCUT2D eigenvalue weighted by atomic mass is 10.2. The average Bonchev–Trinajstić information content (AvgIpc) is 3.10. The van der Waals surface area contributed by atoms with Crippen LogP contribution in [0.3, 0.4) is 0 Å². The third-order valence-corrected chi connectivity index (χ3v) is 5.61. The smallest absolute Gasteiger partial charge is 0.306 e. The summed E-state index contributed by atoms with van der Waals surface area (Å²) < 4.78 is 34.7. The van der Waals surface area contributed by atoms with Gasteiger partial charge in [-0.3, -0.25) is 14.1 Å². The minimum absolute atomic E-state index is 0.0133. The first kappa shape index (κ1) is 18.9.